The minimum absolute atomic E-state index is 0.214. The molecule has 70 valence electrons. The standard InChI is InChI=1S/C9H16FNO/c1-6-3-4-8(5-6)11-9(12)7(2)10/h6-8H,3-5H2,1-2H3,(H,11,12)/t6-,7?,8+/m1/s1. The largest absolute Gasteiger partial charge is 0.351 e. The van der Waals surface area contributed by atoms with E-state index >= 15 is 0 Å². The number of amides is 1. The number of hydrogen-bond acceptors (Lipinski definition) is 1. The summed E-state index contributed by atoms with van der Waals surface area (Å²) in [5.41, 5.74) is 0. The molecule has 1 rings (SSSR count). The van der Waals surface area contributed by atoms with Gasteiger partial charge in [-0.25, -0.2) is 4.39 Å². The van der Waals surface area contributed by atoms with E-state index in [1.165, 1.54) is 6.92 Å². The van der Waals surface area contributed by atoms with E-state index in [0.717, 1.165) is 19.3 Å². The second kappa shape index (κ2) is 3.87. The van der Waals surface area contributed by atoms with Crippen LogP contribution in [0.5, 0.6) is 0 Å². The molecule has 0 radical (unpaired) electrons. The lowest BCUT2D eigenvalue weighted by atomic mass is 10.1. The molecule has 1 fully saturated rings. The van der Waals surface area contributed by atoms with Crippen LogP contribution in [-0.4, -0.2) is 18.1 Å². The van der Waals surface area contributed by atoms with Crippen LogP contribution in [0.2, 0.25) is 0 Å². The molecule has 1 aliphatic carbocycles. The lowest BCUT2D eigenvalue weighted by Gasteiger charge is -2.12. The van der Waals surface area contributed by atoms with Crippen LogP contribution in [0.3, 0.4) is 0 Å². The molecule has 12 heavy (non-hydrogen) atoms. The molecular weight excluding hydrogens is 157 g/mol. The highest BCUT2D eigenvalue weighted by Gasteiger charge is 2.24. The lowest BCUT2D eigenvalue weighted by Crippen LogP contribution is -2.37. The number of hydrogen-bond donors (Lipinski definition) is 1. The van der Waals surface area contributed by atoms with E-state index in [4.69, 9.17) is 0 Å². The van der Waals surface area contributed by atoms with Crippen molar-refractivity contribution in [1.82, 2.24) is 5.32 Å². The summed E-state index contributed by atoms with van der Waals surface area (Å²) in [5.74, 6) is 0.208. The van der Waals surface area contributed by atoms with Crippen molar-refractivity contribution in [2.45, 2.75) is 45.3 Å². The van der Waals surface area contributed by atoms with E-state index in [9.17, 15) is 9.18 Å². The molecular formula is C9H16FNO. The van der Waals surface area contributed by atoms with Gasteiger partial charge in [-0.2, -0.15) is 0 Å². The molecule has 0 aromatic carbocycles. The van der Waals surface area contributed by atoms with E-state index in [1.54, 1.807) is 0 Å². The smallest absolute Gasteiger partial charge is 0.254 e. The van der Waals surface area contributed by atoms with E-state index in [-0.39, 0.29) is 6.04 Å². The molecule has 0 aromatic rings. The van der Waals surface area contributed by atoms with Crippen molar-refractivity contribution in [1.29, 1.82) is 0 Å². The molecule has 0 saturated heterocycles. The Morgan fingerprint density at radius 3 is 2.67 bits per heavy atom. The van der Waals surface area contributed by atoms with Crippen molar-refractivity contribution in [2.24, 2.45) is 5.92 Å². The highest BCUT2D eigenvalue weighted by molar-refractivity contribution is 5.80. The van der Waals surface area contributed by atoms with Crippen LogP contribution in [0.25, 0.3) is 0 Å². The van der Waals surface area contributed by atoms with E-state index < -0.39 is 12.1 Å². The average Bonchev–Trinajstić information content (AvgIpc) is 2.35. The zero-order valence-corrected chi connectivity index (χ0v) is 7.64. The zero-order valence-electron chi connectivity index (χ0n) is 7.64. The topological polar surface area (TPSA) is 29.1 Å². The fourth-order valence-corrected chi connectivity index (χ4v) is 1.65. The first-order chi connectivity index (χ1) is 5.59. The van der Waals surface area contributed by atoms with Gasteiger partial charge in [-0.3, -0.25) is 4.79 Å². The van der Waals surface area contributed by atoms with Crippen LogP contribution in [0.1, 0.15) is 33.1 Å². The quantitative estimate of drug-likeness (QED) is 0.676. The van der Waals surface area contributed by atoms with Crippen LogP contribution >= 0.6 is 0 Å². The average molecular weight is 173 g/mol. The van der Waals surface area contributed by atoms with Gasteiger partial charge in [0.25, 0.3) is 5.91 Å². The lowest BCUT2D eigenvalue weighted by molar-refractivity contribution is -0.126. The Hall–Kier alpha value is -0.600. The molecule has 1 aliphatic rings. The number of nitrogens with one attached hydrogen (secondary N) is 1. The van der Waals surface area contributed by atoms with Crippen LogP contribution in [0, 0.1) is 5.92 Å². The van der Waals surface area contributed by atoms with Gasteiger partial charge in [0.1, 0.15) is 0 Å². The number of carbonyl (C=O) groups excluding carboxylic acids is 1. The first-order valence-corrected chi connectivity index (χ1v) is 4.54. The third-order valence-electron chi connectivity index (χ3n) is 2.40. The van der Waals surface area contributed by atoms with Gasteiger partial charge in [-0.15, -0.1) is 0 Å². The summed E-state index contributed by atoms with van der Waals surface area (Å²) in [5, 5.41) is 2.69. The van der Waals surface area contributed by atoms with Gasteiger partial charge >= 0.3 is 0 Å². The number of rotatable bonds is 2. The minimum Gasteiger partial charge on any atom is -0.351 e. The highest BCUT2D eigenvalue weighted by atomic mass is 19.1. The fourth-order valence-electron chi connectivity index (χ4n) is 1.65. The van der Waals surface area contributed by atoms with E-state index in [1.807, 2.05) is 0 Å². The van der Waals surface area contributed by atoms with Gasteiger partial charge in [0.2, 0.25) is 0 Å². The molecule has 0 spiro atoms. The second-order valence-corrected chi connectivity index (χ2v) is 3.74. The normalized spacial score (nSPS) is 31.6. The van der Waals surface area contributed by atoms with E-state index in [2.05, 4.69) is 12.2 Å². The fraction of sp³-hybridized carbons (Fsp3) is 0.889. The first kappa shape index (κ1) is 9.49. The van der Waals surface area contributed by atoms with Crippen molar-refractivity contribution in [3.8, 4) is 0 Å². The van der Waals surface area contributed by atoms with Crippen LogP contribution in [0.4, 0.5) is 4.39 Å². The Kier molecular flexibility index (Phi) is 3.06. The first-order valence-electron chi connectivity index (χ1n) is 4.54. The summed E-state index contributed by atoms with van der Waals surface area (Å²) >= 11 is 0. The summed E-state index contributed by atoms with van der Waals surface area (Å²) in [7, 11) is 0. The summed E-state index contributed by atoms with van der Waals surface area (Å²) in [4.78, 5) is 10.9. The third kappa shape index (κ3) is 2.47. The minimum atomic E-state index is -1.37. The summed E-state index contributed by atoms with van der Waals surface area (Å²) in [6, 6.07) is 0.214. The monoisotopic (exact) mass is 173 g/mol. The molecule has 1 N–H and O–H groups in total. The Morgan fingerprint density at radius 2 is 2.25 bits per heavy atom. The summed E-state index contributed by atoms with van der Waals surface area (Å²) < 4.78 is 12.4. The highest BCUT2D eigenvalue weighted by Crippen LogP contribution is 2.24. The molecule has 0 aromatic heterocycles. The van der Waals surface area contributed by atoms with Gasteiger partial charge < -0.3 is 5.32 Å². The van der Waals surface area contributed by atoms with Crippen LogP contribution in [0.15, 0.2) is 0 Å². The maximum atomic E-state index is 12.4. The summed E-state index contributed by atoms with van der Waals surface area (Å²) in [6.07, 6.45) is 1.77. The molecule has 2 nitrogen and oxygen atoms in total. The van der Waals surface area contributed by atoms with Crippen LogP contribution < -0.4 is 5.32 Å². The Morgan fingerprint density at radius 1 is 1.58 bits per heavy atom. The number of alkyl halides is 1. The Balaban J connectivity index is 2.28. The molecule has 3 atom stereocenters. The Labute approximate surface area is 72.5 Å². The van der Waals surface area contributed by atoms with Crippen LogP contribution in [-0.2, 0) is 4.79 Å². The van der Waals surface area contributed by atoms with Gasteiger partial charge in [-0.1, -0.05) is 6.92 Å². The maximum Gasteiger partial charge on any atom is 0.254 e. The van der Waals surface area contributed by atoms with Crippen molar-refractivity contribution in [2.75, 3.05) is 0 Å². The molecule has 0 aliphatic heterocycles. The molecule has 0 heterocycles. The van der Waals surface area contributed by atoms with Gasteiger partial charge in [0.15, 0.2) is 6.17 Å². The van der Waals surface area contributed by atoms with Crippen molar-refractivity contribution < 1.29 is 9.18 Å². The van der Waals surface area contributed by atoms with Gasteiger partial charge in [0, 0.05) is 6.04 Å². The number of halogens is 1. The molecule has 1 saturated carbocycles. The maximum absolute atomic E-state index is 12.4. The van der Waals surface area contributed by atoms with Crippen molar-refractivity contribution in [3.63, 3.8) is 0 Å². The molecule has 1 amide bonds. The van der Waals surface area contributed by atoms with Gasteiger partial charge in [0.05, 0.1) is 0 Å². The molecule has 1 unspecified atom stereocenters. The Bertz CT molecular complexity index is 170. The molecule has 0 bridgehead atoms. The second-order valence-electron chi connectivity index (χ2n) is 3.74. The predicted molar refractivity (Wildman–Crippen MR) is 45.5 cm³/mol. The summed E-state index contributed by atoms with van der Waals surface area (Å²) in [6.45, 7) is 3.43. The predicted octanol–water partition coefficient (Wildman–Crippen LogP) is 1.65. The van der Waals surface area contributed by atoms with Crippen molar-refractivity contribution >= 4 is 5.91 Å². The van der Waals surface area contributed by atoms with Crippen molar-refractivity contribution in [3.05, 3.63) is 0 Å². The van der Waals surface area contributed by atoms with E-state index in [0.29, 0.717) is 5.92 Å². The zero-order chi connectivity index (χ0) is 9.14. The number of carbonyl (C=O) groups is 1. The SMILES string of the molecule is CC(F)C(=O)N[C@H]1CC[C@@H](C)C1. The molecule has 3 heteroatoms. The van der Waals surface area contributed by atoms with Gasteiger partial charge in [-0.05, 0) is 32.1 Å². The third-order valence-corrected chi connectivity index (χ3v) is 2.40.